The lowest BCUT2D eigenvalue weighted by atomic mass is 9.97. The highest BCUT2D eigenvalue weighted by atomic mass is 16.7. The van der Waals surface area contributed by atoms with E-state index in [0.717, 1.165) is 6.07 Å². The number of aliphatic hydroxyl groups excluding tert-OH is 6. The molecule has 43 heavy (non-hydrogen) atoms. The van der Waals surface area contributed by atoms with Gasteiger partial charge in [0.1, 0.15) is 59.6 Å². The summed E-state index contributed by atoms with van der Waals surface area (Å²) in [7, 11) is 0. The van der Waals surface area contributed by atoms with Crippen LogP contribution in [0.2, 0.25) is 0 Å². The van der Waals surface area contributed by atoms with Crippen molar-refractivity contribution in [1.82, 2.24) is 0 Å². The highest BCUT2D eigenvalue weighted by molar-refractivity contribution is 5.93. The molecule has 2 fully saturated rings. The maximum atomic E-state index is 12.9. The van der Waals surface area contributed by atoms with Crippen LogP contribution in [-0.4, -0.2) is 119 Å². The van der Waals surface area contributed by atoms with E-state index in [4.69, 9.17) is 23.4 Å². The highest BCUT2D eigenvalue weighted by Crippen LogP contribution is 2.43. The van der Waals surface area contributed by atoms with Crippen molar-refractivity contribution in [2.24, 2.45) is 0 Å². The van der Waals surface area contributed by atoms with Crippen molar-refractivity contribution in [1.29, 1.82) is 0 Å². The number of fused-ring (bicyclic) bond motifs is 1. The molecular formula is C27H30O16. The Morgan fingerprint density at radius 2 is 1.49 bits per heavy atom. The normalized spacial score (nSPS) is 33.0. The van der Waals surface area contributed by atoms with Gasteiger partial charge in [-0.25, -0.2) is 0 Å². The van der Waals surface area contributed by atoms with Crippen molar-refractivity contribution in [3.8, 4) is 40.1 Å². The van der Waals surface area contributed by atoms with Crippen molar-refractivity contribution >= 4 is 11.0 Å². The number of hydrogen-bond donors (Lipinski definition) is 10. The van der Waals surface area contributed by atoms with Gasteiger partial charge in [0.2, 0.25) is 23.2 Å². The molecule has 5 rings (SSSR count). The molecule has 10 unspecified atom stereocenters. The summed E-state index contributed by atoms with van der Waals surface area (Å²) >= 11 is 0. The number of phenolic OH excluding ortho intramolecular Hbond substituents is 3. The summed E-state index contributed by atoms with van der Waals surface area (Å²) in [4.78, 5) is 12.9. The van der Waals surface area contributed by atoms with Gasteiger partial charge in [0, 0.05) is 11.6 Å². The molecule has 1 aromatic heterocycles. The monoisotopic (exact) mass is 610 g/mol. The predicted molar refractivity (Wildman–Crippen MR) is 140 cm³/mol. The molecule has 3 aromatic rings. The molecule has 234 valence electrons. The second kappa shape index (κ2) is 11.8. The lowest BCUT2D eigenvalue weighted by Gasteiger charge is -2.45. The van der Waals surface area contributed by atoms with Crippen LogP contribution in [0.5, 0.6) is 28.7 Å². The molecule has 0 bridgehead atoms. The largest absolute Gasteiger partial charge is 0.508 e. The molecule has 0 spiro atoms. The first-order chi connectivity index (χ1) is 20.3. The van der Waals surface area contributed by atoms with E-state index in [1.54, 1.807) is 0 Å². The maximum absolute atomic E-state index is 12.9. The fourth-order valence-corrected chi connectivity index (χ4v) is 4.92. The van der Waals surface area contributed by atoms with E-state index >= 15 is 0 Å². The topological polar surface area (TPSA) is 269 Å². The molecule has 0 radical (unpaired) electrons. The molecule has 0 aliphatic carbocycles. The third kappa shape index (κ3) is 5.44. The zero-order valence-corrected chi connectivity index (χ0v) is 22.3. The predicted octanol–water partition coefficient (Wildman–Crippen LogP) is -1.69. The summed E-state index contributed by atoms with van der Waals surface area (Å²) in [5.41, 5.74) is -1.56. The van der Waals surface area contributed by atoms with Gasteiger partial charge in [0.25, 0.3) is 0 Å². The third-order valence-electron chi connectivity index (χ3n) is 7.35. The fraction of sp³-hybridized carbons (Fsp3) is 0.444. The molecule has 2 saturated heterocycles. The van der Waals surface area contributed by atoms with Crippen molar-refractivity contribution in [2.45, 2.75) is 68.3 Å². The van der Waals surface area contributed by atoms with Crippen LogP contribution in [-0.2, 0) is 14.2 Å². The lowest BCUT2D eigenvalue weighted by molar-refractivity contribution is -0.350. The standard InChI is InChI=1S/C27H30O16/c1-8-15(31)25(43-26-21(37)19(35)16(32)13(7-28)41-26)22(38)27(39-8)40-12-6-11(30)14-18(34)20(36)23(42-24(14)17(12)33)9-2-4-10(29)5-3-9/h2-6,8,13,15-16,19,21-22,25-33,35-38H,7H2,1H3. The minimum absolute atomic E-state index is 0.109. The Bertz CT molecular complexity index is 1520. The Morgan fingerprint density at radius 1 is 0.814 bits per heavy atom. The second-order valence-corrected chi connectivity index (χ2v) is 10.2. The molecule has 16 nitrogen and oxygen atoms in total. The summed E-state index contributed by atoms with van der Waals surface area (Å²) in [5.74, 6) is -3.58. The first-order valence-corrected chi connectivity index (χ1v) is 13.0. The SMILES string of the molecule is CC1OC(Oc2cc(O)c3c(=O)c(O)c(-c4ccc(O)cc4)oc3c2O)C(O)C(OC2OC(CO)C(O)C(O)C2O)C1O. The first kappa shape index (κ1) is 30.7. The van der Waals surface area contributed by atoms with E-state index in [1.807, 2.05) is 0 Å². The number of rotatable bonds is 6. The zero-order valence-electron chi connectivity index (χ0n) is 22.3. The van der Waals surface area contributed by atoms with Crippen LogP contribution < -0.4 is 10.2 Å². The van der Waals surface area contributed by atoms with Gasteiger partial charge in [-0.3, -0.25) is 4.79 Å². The smallest absolute Gasteiger partial charge is 0.238 e. The lowest BCUT2D eigenvalue weighted by Crippen LogP contribution is -2.64. The van der Waals surface area contributed by atoms with E-state index in [-0.39, 0.29) is 11.3 Å². The summed E-state index contributed by atoms with van der Waals surface area (Å²) in [6, 6.07) is 5.97. The summed E-state index contributed by atoms with van der Waals surface area (Å²) < 4.78 is 27.5. The van der Waals surface area contributed by atoms with Gasteiger partial charge in [-0.2, -0.15) is 0 Å². The molecule has 2 aliphatic rings. The number of phenols is 3. The molecule has 0 amide bonds. The average Bonchev–Trinajstić information content (AvgIpc) is 2.98. The summed E-state index contributed by atoms with van der Waals surface area (Å²) in [5, 5.41) is 102. The third-order valence-corrected chi connectivity index (χ3v) is 7.35. The minimum Gasteiger partial charge on any atom is -0.508 e. The Morgan fingerprint density at radius 3 is 2.14 bits per heavy atom. The number of hydrogen-bond acceptors (Lipinski definition) is 16. The van der Waals surface area contributed by atoms with Gasteiger partial charge in [-0.05, 0) is 31.2 Å². The number of benzene rings is 2. The molecular weight excluding hydrogens is 580 g/mol. The Balaban J connectivity index is 1.46. The molecule has 2 aliphatic heterocycles. The van der Waals surface area contributed by atoms with E-state index in [1.165, 1.54) is 31.2 Å². The van der Waals surface area contributed by atoms with E-state index in [2.05, 4.69) is 0 Å². The Labute approximate surface area is 241 Å². The van der Waals surface area contributed by atoms with Crippen molar-refractivity contribution in [3.05, 3.63) is 40.6 Å². The molecule has 0 saturated carbocycles. The van der Waals surface area contributed by atoms with Gasteiger partial charge in [0.15, 0.2) is 23.4 Å². The van der Waals surface area contributed by atoms with Crippen molar-refractivity contribution in [3.63, 3.8) is 0 Å². The van der Waals surface area contributed by atoms with Gasteiger partial charge >= 0.3 is 0 Å². The molecule has 10 atom stereocenters. The Kier molecular flexibility index (Phi) is 8.41. The average molecular weight is 611 g/mol. The van der Waals surface area contributed by atoms with Gasteiger partial charge in [0.05, 0.1) is 12.7 Å². The quantitative estimate of drug-likeness (QED) is 0.140. The van der Waals surface area contributed by atoms with Crippen LogP contribution >= 0.6 is 0 Å². The Hall–Kier alpha value is -3.71. The molecule has 3 heterocycles. The zero-order chi connectivity index (χ0) is 31.3. The molecule has 16 heteroatoms. The van der Waals surface area contributed by atoms with Gasteiger partial charge < -0.3 is 74.4 Å². The molecule has 2 aromatic carbocycles. The first-order valence-electron chi connectivity index (χ1n) is 13.0. The van der Waals surface area contributed by atoms with Gasteiger partial charge in [-0.1, -0.05) is 0 Å². The van der Waals surface area contributed by atoms with Gasteiger partial charge in [-0.15, -0.1) is 0 Å². The van der Waals surface area contributed by atoms with Crippen LogP contribution in [0, 0.1) is 0 Å². The van der Waals surface area contributed by atoms with Crippen LogP contribution in [0.15, 0.2) is 39.5 Å². The van der Waals surface area contributed by atoms with Crippen LogP contribution in [0.25, 0.3) is 22.3 Å². The second-order valence-electron chi connectivity index (χ2n) is 10.2. The van der Waals surface area contributed by atoms with Crippen molar-refractivity contribution < 1.29 is 74.4 Å². The maximum Gasteiger partial charge on any atom is 0.238 e. The molecule has 10 N–H and O–H groups in total. The van der Waals surface area contributed by atoms with Crippen LogP contribution in [0.3, 0.4) is 0 Å². The van der Waals surface area contributed by atoms with E-state index < -0.39 is 113 Å². The van der Waals surface area contributed by atoms with Crippen LogP contribution in [0.4, 0.5) is 0 Å². The van der Waals surface area contributed by atoms with E-state index in [9.17, 15) is 55.9 Å². The number of ether oxygens (including phenoxy) is 4. The number of aromatic hydroxyl groups is 4. The highest BCUT2D eigenvalue weighted by Gasteiger charge is 2.50. The van der Waals surface area contributed by atoms with Crippen LogP contribution in [0.1, 0.15) is 6.92 Å². The number of aliphatic hydroxyl groups is 6. The van der Waals surface area contributed by atoms with E-state index in [0.29, 0.717) is 0 Å². The fourth-order valence-electron chi connectivity index (χ4n) is 4.92. The van der Waals surface area contributed by atoms with Crippen molar-refractivity contribution in [2.75, 3.05) is 6.61 Å². The summed E-state index contributed by atoms with van der Waals surface area (Å²) in [6.45, 7) is 0.624. The minimum atomic E-state index is -1.88. The summed E-state index contributed by atoms with van der Waals surface area (Å²) in [6.07, 6.45) is -16.3.